The van der Waals surface area contributed by atoms with E-state index >= 15 is 0 Å². The van der Waals surface area contributed by atoms with Crippen LogP contribution in [0, 0.1) is 0 Å². The second-order valence-corrected chi connectivity index (χ2v) is 6.57. The second-order valence-electron chi connectivity index (χ2n) is 6.57. The molecule has 0 aliphatic carbocycles. The zero-order valence-electron chi connectivity index (χ0n) is 16.2. The van der Waals surface area contributed by atoms with E-state index < -0.39 is 0 Å². The molecule has 1 amide bonds. The van der Waals surface area contributed by atoms with E-state index in [1.54, 1.807) is 4.90 Å². The molecule has 1 fully saturated rings. The minimum Gasteiger partial charge on any atom is -0.450 e. The Morgan fingerprint density at radius 3 is 2.70 bits per heavy atom. The fraction of sp³-hybridized carbons (Fsp3) is 0.600. The maximum Gasteiger partial charge on any atom is 0.409 e. The zero-order valence-corrected chi connectivity index (χ0v) is 16.2. The Morgan fingerprint density at radius 2 is 2.00 bits per heavy atom. The van der Waals surface area contributed by atoms with Gasteiger partial charge in [-0.2, -0.15) is 0 Å². The molecule has 1 heterocycles. The fourth-order valence-corrected chi connectivity index (χ4v) is 2.98. The van der Waals surface area contributed by atoms with Crippen LogP contribution in [-0.2, 0) is 15.9 Å². The first-order valence-electron chi connectivity index (χ1n) is 9.79. The summed E-state index contributed by atoms with van der Waals surface area (Å²) in [6.07, 6.45) is 3.23. The van der Waals surface area contributed by atoms with Crippen LogP contribution < -0.4 is 11.1 Å². The monoisotopic (exact) mass is 376 g/mol. The highest BCUT2D eigenvalue weighted by Crippen LogP contribution is 2.11. The summed E-state index contributed by atoms with van der Waals surface area (Å²) >= 11 is 0. The van der Waals surface area contributed by atoms with Gasteiger partial charge in [-0.05, 0) is 38.2 Å². The van der Waals surface area contributed by atoms with Crippen molar-refractivity contribution in [3.63, 3.8) is 0 Å². The number of ether oxygens (including phenoxy) is 2. The van der Waals surface area contributed by atoms with Crippen LogP contribution in [-0.4, -0.2) is 62.4 Å². The summed E-state index contributed by atoms with van der Waals surface area (Å²) < 4.78 is 10.7. The lowest BCUT2D eigenvalue weighted by atomic mass is 10.1. The minimum absolute atomic E-state index is 0.232. The quantitative estimate of drug-likeness (QED) is 0.392. The number of nitrogens with zero attached hydrogens (tertiary/aromatic N) is 2. The number of carbonyl (C=O) groups is 1. The molecule has 0 unspecified atom stereocenters. The molecular formula is C20H32N4O3. The van der Waals surface area contributed by atoms with Gasteiger partial charge in [-0.1, -0.05) is 30.3 Å². The van der Waals surface area contributed by atoms with Crippen molar-refractivity contribution in [2.45, 2.75) is 38.6 Å². The van der Waals surface area contributed by atoms with Crippen LogP contribution in [0.5, 0.6) is 0 Å². The molecule has 1 saturated heterocycles. The summed E-state index contributed by atoms with van der Waals surface area (Å²) in [7, 11) is 0. The second kappa shape index (κ2) is 12.2. The van der Waals surface area contributed by atoms with Gasteiger partial charge in [0.25, 0.3) is 0 Å². The minimum atomic E-state index is -0.232. The Balaban J connectivity index is 1.51. The highest BCUT2D eigenvalue weighted by molar-refractivity contribution is 5.78. The van der Waals surface area contributed by atoms with Gasteiger partial charge in [-0.15, -0.1) is 0 Å². The van der Waals surface area contributed by atoms with E-state index in [9.17, 15) is 4.79 Å². The molecule has 0 bridgehead atoms. The molecule has 2 rings (SSSR count). The van der Waals surface area contributed by atoms with Gasteiger partial charge in [0, 0.05) is 32.3 Å². The predicted octanol–water partition coefficient (Wildman–Crippen LogP) is 2.16. The number of aliphatic imine (C=N–C) groups is 1. The molecule has 150 valence electrons. The molecule has 7 heteroatoms. The molecule has 1 aromatic rings. The van der Waals surface area contributed by atoms with Crippen molar-refractivity contribution >= 4 is 12.1 Å². The van der Waals surface area contributed by atoms with Gasteiger partial charge >= 0.3 is 6.09 Å². The molecule has 0 atom stereocenters. The van der Waals surface area contributed by atoms with Crippen LogP contribution in [0.25, 0.3) is 0 Å². The molecule has 27 heavy (non-hydrogen) atoms. The van der Waals surface area contributed by atoms with Crippen LogP contribution >= 0.6 is 0 Å². The molecule has 0 saturated carbocycles. The summed E-state index contributed by atoms with van der Waals surface area (Å²) in [5.74, 6) is 0.467. The molecule has 1 aliphatic rings. The lowest BCUT2D eigenvalue weighted by Crippen LogP contribution is -2.48. The molecule has 0 aromatic heterocycles. The van der Waals surface area contributed by atoms with Crippen molar-refractivity contribution in [1.29, 1.82) is 0 Å². The summed E-state index contributed by atoms with van der Waals surface area (Å²) in [6, 6.07) is 10.6. The first-order valence-corrected chi connectivity index (χ1v) is 9.79. The third kappa shape index (κ3) is 8.30. The average molecular weight is 377 g/mol. The van der Waals surface area contributed by atoms with Gasteiger partial charge in [0.05, 0.1) is 13.2 Å². The lowest BCUT2D eigenvalue weighted by molar-refractivity contribution is 0.0963. The van der Waals surface area contributed by atoms with Gasteiger partial charge in [0.15, 0.2) is 5.96 Å². The highest BCUT2D eigenvalue weighted by atomic mass is 16.6. The van der Waals surface area contributed by atoms with E-state index in [0.717, 1.165) is 32.3 Å². The number of carbonyl (C=O) groups excluding carboxylic acids is 1. The summed E-state index contributed by atoms with van der Waals surface area (Å²) in [6.45, 7) is 5.64. The third-order valence-electron chi connectivity index (χ3n) is 4.48. The number of likely N-dealkylation sites (tertiary alicyclic amines) is 1. The molecule has 3 N–H and O–H groups in total. The van der Waals surface area contributed by atoms with Gasteiger partial charge < -0.3 is 25.4 Å². The van der Waals surface area contributed by atoms with Gasteiger partial charge in [0.2, 0.25) is 0 Å². The molecular weight excluding hydrogens is 344 g/mol. The van der Waals surface area contributed by atoms with Crippen LogP contribution in [0.2, 0.25) is 0 Å². The number of nitrogens with two attached hydrogens (primary N) is 1. The number of amides is 1. The van der Waals surface area contributed by atoms with Crippen molar-refractivity contribution in [3.05, 3.63) is 35.9 Å². The van der Waals surface area contributed by atoms with E-state index in [0.29, 0.717) is 38.8 Å². The van der Waals surface area contributed by atoms with Crippen molar-refractivity contribution in [3.8, 4) is 0 Å². The largest absolute Gasteiger partial charge is 0.450 e. The van der Waals surface area contributed by atoms with Crippen molar-refractivity contribution in [2.75, 3.05) is 39.5 Å². The molecule has 0 spiro atoms. The molecule has 0 radical (unpaired) electrons. The van der Waals surface area contributed by atoms with Crippen LogP contribution in [0.1, 0.15) is 31.7 Å². The van der Waals surface area contributed by atoms with E-state index in [2.05, 4.69) is 22.4 Å². The predicted molar refractivity (Wildman–Crippen MR) is 107 cm³/mol. The molecule has 1 aromatic carbocycles. The third-order valence-corrected chi connectivity index (χ3v) is 4.48. The Bertz CT molecular complexity index is 572. The smallest absolute Gasteiger partial charge is 0.409 e. The summed E-state index contributed by atoms with van der Waals surface area (Å²) in [4.78, 5) is 17.8. The van der Waals surface area contributed by atoms with Crippen LogP contribution in [0.15, 0.2) is 35.3 Å². The lowest BCUT2D eigenvalue weighted by Gasteiger charge is -2.31. The highest BCUT2D eigenvalue weighted by Gasteiger charge is 2.23. The van der Waals surface area contributed by atoms with E-state index in [4.69, 9.17) is 15.2 Å². The van der Waals surface area contributed by atoms with E-state index in [-0.39, 0.29) is 12.1 Å². The maximum atomic E-state index is 11.7. The Kier molecular flexibility index (Phi) is 9.48. The number of piperidine rings is 1. The first-order chi connectivity index (χ1) is 13.2. The number of rotatable bonds is 9. The number of hydrogen-bond donors (Lipinski definition) is 2. The summed E-state index contributed by atoms with van der Waals surface area (Å²) in [5, 5.41) is 3.24. The molecule has 1 aliphatic heterocycles. The standard InChI is InChI=1S/C20H32N4O3/c1-2-27-20(25)24-13-9-18(10-14-24)23-19(21)22-12-6-15-26-16-11-17-7-4-3-5-8-17/h3-5,7-8,18H,2,6,9-16H2,1H3,(H3,21,22,23). The zero-order chi connectivity index (χ0) is 19.3. The van der Waals surface area contributed by atoms with E-state index in [1.807, 2.05) is 25.1 Å². The van der Waals surface area contributed by atoms with Crippen LogP contribution in [0.3, 0.4) is 0 Å². The number of benzene rings is 1. The van der Waals surface area contributed by atoms with Gasteiger partial charge in [0.1, 0.15) is 0 Å². The van der Waals surface area contributed by atoms with Crippen LogP contribution in [0.4, 0.5) is 4.79 Å². The maximum absolute atomic E-state index is 11.7. The fourth-order valence-electron chi connectivity index (χ4n) is 2.98. The molecule has 7 nitrogen and oxygen atoms in total. The topological polar surface area (TPSA) is 89.2 Å². The van der Waals surface area contributed by atoms with Crippen molar-refractivity contribution in [2.24, 2.45) is 10.7 Å². The Hall–Kier alpha value is -2.28. The number of guanidine groups is 1. The number of hydrogen-bond acceptors (Lipinski definition) is 4. The first kappa shape index (κ1) is 21.0. The average Bonchev–Trinajstić information content (AvgIpc) is 2.69. The number of nitrogens with one attached hydrogen (secondary N) is 1. The Labute approximate surface area is 161 Å². The van der Waals surface area contributed by atoms with Gasteiger partial charge in [-0.3, -0.25) is 4.99 Å². The van der Waals surface area contributed by atoms with Gasteiger partial charge in [-0.25, -0.2) is 4.79 Å². The van der Waals surface area contributed by atoms with Crippen molar-refractivity contribution < 1.29 is 14.3 Å². The van der Waals surface area contributed by atoms with E-state index in [1.165, 1.54) is 5.56 Å². The normalized spacial score (nSPS) is 15.6. The SMILES string of the molecule is CCOC(=O)N1CCC(NC(N)=NCCCOCCc2ccccc2)CC1. The summed E-state index contributed by atoms with van der Waals surface area (Å²) in [5.41, 5.74) is 7.25. The Morgan fingerprint density at radius 1 is 1.26 bits per heavy atom. The van der Waals surface area contributed by atoms with Crippen molar-refractivity contribution in [1.82, 2.24) is 10.2 Å².